The Morgan fingerprint density at radius 1 is 1.37 bits per heavy atom. The van der Waals surface area contributed by atoms with Gasteiger partial charge in [-0.25, -0.2) is 9.18 Å². The number of nitrogens with one attached hydrogen (secondary N) is 1. The molecule has 0 radical (unpaired) electrons. The van der Waals surface area contributed by atoms with E-state index in [2.05, 4.69) is 5.32 Å². The smallest absolute Gasteiger partial charge is 0.332 e. The van der Waals surface area contributed by atoms with Crippen molar-refractivity contribution in [3.63, 3.8) is 0 Å². The van der Waals surface area contributed by atoms with Crippen LogP contribution in [0.25, 0.3) is 0 Å². The number of ether oxygens (including phenoxy) is 1. The van der Waals surface area contributed by atoms with Crippen molar-refractivity contribution in [1.29, 1.82) is 0 Å². The van der Waals surface area contributed by atoms with Crippen LogP contribution in [0.5, 0.6) is 0 Å². The van der Waals surface area contributed by atoms with Crippen LogP contribution in [0.15, 0.2) is 18.2 Å². The summed E-state index contributed by atoms with van der Waals surface area (Å²) in [5, 5.41) is 11.3. The van der Waals surface area contributed by atoms with Gasteiger partial charge in [-0.15, -0.1) is 0 Å². The van der Waals surface area contributed by atoms with E-state index in [1.54, 1.807) is 13.0 Å². The maximum absolute atomic E-state index is 13.3. The molecule has 102 valence electrons. The third kappa shape index (κ3) is 2.90. The van der Waals surface area contributed by atoms with Crippen molar-refractivity contribution in [3.8, 4) is 0 Å². The van der Waals surface area contributed by atoms with Gasteiger partial charge in [0.05, 0.1) is 0 Å². The highest BCUT2D eigenvalue weighted by Crippen LogP contribution is 2.23. The number of rotatable bonds is 3. The molecule has 0 bridgehead atoms. The standard InChI is InChI=1S/C13H14FNO4/c1-7-8(14)3-2-4-9(7)15-12(16)10-5-6-11(19-10)13(17)18/h2-4,10-11H,5-6H2,1H3,(H,15,16)(H,17,18). The van der Waals surface area contributed by atoms with Crippen LogP contribution in [-0.4, -0.2) is 29.2 Å². The van der Waals surface area contributed by atoms with E-state index in [0.717, 1.165) is 0 Å². The summed E-state index contributed by atoms with van der Waals surface area (Å²) >= 11 is 0. The minimum Gasteiger partial charge on any atom is -0.479 e. The van der Waals surface area contributed by atoms with Crippen LogP contribution >= 0.6 is 0 Å². The van der Waals surface area contributed by atoms with Crippen LogP contribution in [-0.2, 0) is 14.3 Å². The summed E-state index contributed by atoms with van der Waals surface area (Å²) in [6, 6.07) is 4.38. The Morgan fingerprint density at radius 3 is 2.68 bits per heavy atom. The van der Waals surface area contributed by atoms with Crippen LogP contribution in [0.4, 0.5) is 10.1 Å². The highest BCUT2D eigenvalue weighted by molar-refractivity contribution is 5.95. The Hall–Kier alpha value is -1.95. The van der Waals surface area contributed by atoms with Gasteiger partial charge in [0.2, 0.25) is 0 Å². The van der Waals surface area contributed by atoms with Gasteiger partial charge in [-0.1, -0.05) is 6.07 Å². The topological polar surface area (TPSA) is 75.6 Å². The number of hydrogen-bond acceptors (Lipinski definition) is 3. The summed E-state index contributed by atoms with van der Waals surface area (Å²) in [4.78, 5) is 22.6. The van der Waals surface area contributed by atoms with E-state index < -0.39 is 29.9 Å². The van der Waals surface area contributed by atoms with Crippen LogP contribution in [0.3, 0.4) is 0 Å². The molecule has 19 heavy (non-hydrogen) atoms. The van der Waals surface area contributed by atoms with Crippen molar-refractivity contribution in [3.05, 3.63) is 29.6 Å². The van der Waals surface area contributed by atoms with Crippen molar-refractivity contribution >= 4 is 17.6 Å². The van der Waals surface area contributed by atoms with Gasteiger partial charge >= 0.3 is 5.97 Å². The van der Waals surface area contributed by atoms with Crippen LogP contribution in [0.2, 0.25) is 0 Å². The van der Waals surface area contributed by atoms with Crippen LogP contribution in [0, 0.1) is 12.7 Å². The normalized spacial score (nSPS) is 22.2. The summed E-state index contributed by atoms with van der Waals surface area (Å²) in [5.41, 5.74) is 0.705. The average Bonchev–Trinajstić information content (AvgIpc) is 2.84. The highest BCUT2D eigenvalue weighted by atomic mass is 19.1. The molecule has 0 saturated carbocycles. The number of carbonyl (C=O) groups excluding carboxylic acids is 1. The molecule has 6 heteroatoms. The third-order valence-corrected chi connectivity index (χ3v) is 3.11. The Balaban J connectivity index is 2.02. The second-order valence-corrected chi connectivity index (χ2v) is 4.43. The highest BCUT2D eigenvalue weighted by Gasteiger charge is 2.34. The lowest BCUT2D eigenvalue weighted by Crippen LogP contribution is -2.30. The molecule has 1 fully saturated rings. The lowest BCUT2D eigenvalue weighted by atomic mass is 10.1. The summed E-state index contributed by atoms with van der Waals surface area (Å²) in [7, 11) is 0. The second kappa shape index (κ2) is 5.36. The number of carboxylic acid groups (broad SMARTS) is 1. The van der Waals surface area contributed by atoms with Crippen molar-refractivity contribution in [2.24, 2.45) is 0 Å². The van der Waals surface area contributed by atoms with Crippen molar-refractivity contribution in [1.82, 2.24) is 0 Å². The van der Waals surface area contributed by atoms with E-state index in [1.807, 2.05) is 0 Å². The number of halogens is 1. The van der Waals surface area contributed by atoms with Gasteiger partial charge in [-0.2, -0.15) is 0 Å². The Labute approximate surface area is 109 Å². The predicted octanol–water partition coefficient (Wildman–Crippen LogP) is 1.70. The predicted molar refractivity (Wildman–Crippen MR) is 65.3 cm³/mol. The van der Waals surface area contributed by atoms with E-state index in [1.165, 1.54) is 12.1 Å². The van der Waals surface area contributed by atoms with E-state index in [-0.39, 0.29) is 0 Å². The molecule has 5 nitrogen and oxygen atoms in total. The zero-order valence-corrected chi connectivity index (χ0v) is 10.4. The molecule has 1 heterocycles. The fourth-order valence-corrected chi connectivity index (χ4v) is 1.97. The van der Waals surface area contributed by atoms with Gasteiger partial charge in [0, 0.05) is 11.3 Å². The maximum Gasteiger partial charge on any atom is 0.332 e. The van der Waals surface area contributed by atoms with Gasteiger partial charge in [0.1, 0.15) is 11.9 Å². The first-order valence-corrected chi connectivity index (χ1v) is 5.93. The fourth-order valence-electron chi connectivity index (χ4n) is 1.97. The number of aliphatic carboxylic acids is 1. The molecule has 2 unspecified atom stereocenters. The van der Waals surface area contributed by atoms with Gasteiger partial charge in [0.15, 0.2) is 6.10 Å². The molecule has 2 N–H and O–H groups in total. The van der Waals surface area contributed by atoms with Gasteiger partial charge < -0.3 is 15.2 Å². The maximum atomic E-state index is 13.3. The molecule has 1 aromatic rings. The molecule has 1 aliphatic rings. The number of benzene rings is 1. The van der Waals surface area contributed by atoms with Crippen molar-refractivity contribution in [2.75, 3.05) is 5.32 Å². The molecule has 0 aliphatic carbocycles. The molecular weight excluding hydrogens is 253 g/mol. The summed E-state index contributed by atoms with van der Waals surface area (Å²) in [6.45, 7) is 1.56. The number of amides is 1. The third-order valence-electron chi connectivity index (χ3n) is 3.11. The largest absolute Gasteiger partial charge is 0.479 e. The Bertz CT molecular complexity index is 517. The monoisotopic (exact) mass is 267 g/mol. The first kappa shape index (κ1) is 13.5. The number of carbonyl (C=O) groups is 2. The van der Waals surface area contributed by atoms with E-state index in [9.17, 15) is 14.0 Å². The Kier molecular flexibility index (Phi) is 3.80. The average molecular weight is 267 g/mol. The van der Waals surface area contributed by atoms with Gasteiger partial charge in [0.25, 0.3) is 5.91 Å². The Morgan fingerprint density at radius 2 is 2.05 bits per heavy atom. The first-order valence-electron chi connectivity index (χ1n) is 5.93. The molecule has 1 aliphatic heterocycles. The SMILES string of the molecule is Cc1c(F)cccc1NC(=O)C1CCC(C(=O)O)O1. The lowest BCUT2D eigenvalue weighted by Gasteiger charge is -2.13. The minimum atomic E-state index is -1.07. The molecular formula is C13H14FNO4. The first-order chi connectivity index (χ1) is 8.99. The minimum absolute atomic E-state index is 0.301. The quantitative estimate of drug-likeness (QED) is 0.874. The van der Waals surface area contributed by atoms with E-state index >= 15 is 0 Å². The van der Waals surface area contributed by atoms with E-state index in [0.29, 0.717) is 24.1 Å². The molecule has 1 saturated heterocycles. The molecule has 2 atom stereocenters. The van der Waals surface area contributed by atoms with Crippen molar-refractivity contribution in [2.45, 2.75) is 32.0 Å². The fraction of sp³-hybridized carbons (Fsp3) is 0.385. The van der Waals surface area contributed by atoms with E-state index in [4.69, 9.17) is 9.84 Å². The summed E-state index contributed by atoms with van der Waals surface area (Å²) < 4.78 is 18.4. The number of carboxylic acids is 1. The van der Waals surface area contributed by atoms with Crippen LogP contribution < -0.4 is 5.32 Å². The second-order valence-electron chi connectivity index (χ2n) is 4.43. The number of hydrogen-bond donors (Lipinski definition) is 2. The summed E-state index contributed by atoms with van der Waals surface area (Å²) in [6.07, 6.45) is -1.10. The van der Waals surface area contributed by atoms with Crippen LogP contribution in [0.1, 0.15) is 18.4 Å². The molecule has 1 aromatic carbocycles. The molecule has 0 aromatic heterocycles. The van der Waals surface area contributed by atoms with Gasteiger partial charge in [-0.05, 0) is 31.9 Å². The molecule has 0 spiro atoms. The van der Waals surface area contributed by atoms with Crippen molar-refractivity contribution < 1.29 is 23.8 Å². The zero-order chi connectivity index (χ0) is 14.0. The van der Waals surface area contributed by atoms with Gasteiger partial charge in [-0.3, -0.25) is 4.79 Å². The summed E-state index contributed by atoms with van der Waals surface area (Å²) in [5.74, 6) is -1.93. The zero-order valence-electron chi connectivity index (χ0n) is 10.4. The molecule has 2 rings (SSSR count). The number of anilines is 1. The lowest BCUT2D eigenvalue weighted by molar-refractivity contribution is -0.150. The molecule has 1 amide bonds.